The van der Waals surface area contributed by atoms with Gasteiger partial charge in [0, 0.05) is 24.0 Å². The van der Waals surface area contributed by atoms with Gasteiger partial charge >= 0.3 is 0 Å². The van der Waals surface area contributed by atoms with Crippen molar-refractivity contribution in [3.05, 3.63) is 15.9 Å². The van der Waals surface area contributed by atoms with Gasteiger partial charge in [-0.3, -0.25) is 5.41 Å². The van der Waals surface area contributed by atoms with E-state index in [4.69, 9.17) is 14.9 Å². The van der Waals surface area contributed by atoms with Gasteiger partial charge in [0.15, 0.2) is 11.1 Å². The molecule has 2 heterocycles. The van der Waals surface area contributed by atoms with Gasteiger partial charge in [0.1, 0.15) is 0 Å². The maximum Gasteiger partial charge on any atom is 0.182 e. The standard InChI is InChI=1S/C9H14N2O2S/c1-7-6-11(9(10)14-7)3-2-8-12-4-5-13-8/h6,8,10H,2-5H2,1H3. The van der Waals surface area contributed by atoms with Crippen LogP contribution in [0.5, 0.6) is 0 Å². The number of hydrogen-bond donors (Lipinski definition) is 1. The Morgan fingerprint density at radius 1 is 1.57 bits per heavy atom. The lowest BCUT2D eigenvalue weighted by molar-refractivity contribution is -0.0491. The summed E-state index contributed by atoms with van der Waals surface area (Å²) in [6, 6.07) is 0. The smallest absolute Gasteiger partial charge is 0.182 e. The highest BCUT2D eigenvalue weighted by Gasteiger charge is 2.15. The summed E-state index contributed by atoms with van der Waals surface area (Å²) in [5, 5.41) is 7.67. The Bertz CT molecular complexity index is 352. The second kappa shape index (κ2) is 4.25. The molecule has 1 N–H and O–H groups in total. The maximum atomic E-state index is 7.67. The van der Waals surface area contributed by atoms with Crippen LogP contribution in [0.25, 0.3) is 0 Å². The van der Waals surface area contributed by atoms with Crippen molar-refractivity contribution in [3.8, 4) is 0 Å². The quantitative estimate of drug-likeness (QED) is 0.819. The van der Waals surface area contributed by atoms with E-state index in [0.717, 1.165) is 13.0 Å². The van der Waals surface area contributed by atoms with E-state index in [2.05, 4.69) is 0 Å². The van der Waals surface area contributed by atoms with Crippen LogP contribution in [0.2, 0.25) is 0 Å². The van der Waals surface area contributed by atoms with Crippen LogP contribution in [-0.2, 0) is 16.0 Å². The van der Waals surface area contributed by atoms with Crippen molar-refractivity contribution in [1.29, 1.82) is 5.41 Å². The molecule has 1 saturated heterocycles. The van der Waals surface area contributed by atoms with Crippen molar-refractivity contribution in [2.45, 2.75) is 26.2 Å². The summed E-state index contributed by atoms with van der Waals surface area (Å²) in [4.78, 5) is 1.77. The molecule has 5 heteroatoms. The molecule has 4 nitrogen and oxygen atoms in total. The van der Waals surface area contributed by atoms with Crippen LogP contribution < -0.4 is 4.80 Å². The van der Waals surface area contributed by atoms with Crippen molar-refractivity contribution in [2.24, 2.45) is 0 Å². The molecule has 1 fully saturated rings. The summed E-state index contributed by atoms with van der Waals surface area (Å²) < 4.78 is 12.6. The third-order valence-corrected chi connectivity index (χ3v) is 3.01. The lowest BCUT2D eigenvalue weighted by Crippen LogP contribution is -2.17. The van der Waals surface area contributed by atoms with Crippen molar-refractivity contribution in [2.75, 3.05) is 13.2 Å². The zero-order valence-electron chi connectivity index (χ0n) is 8.16. The molecule has 0 atom stereocenters. The molecule has 14 heavy (non-hydrogen) atoms. The largest absolute Gasteiger partial charge is 0.350 e. The Morgan fingerprint density at radius 2 is 2.29 bits per heavy atom. The number of rotatable bonds is 3. The molecule has 1 aromatic heterocycles. The Hall–Kier alpha value is -0.650. The Balaban J connectivity index is 1.91. The van der Waals surface area contributed by atoms with Crippen LogP contribution in [0.3, 0.4) is 0 Å². The van der Waals surface area contributed by atoms with E-state index < -0.39 is 0 Å². The van der Waals surface area contributed by atoms with E-state index in [9.17, 15) is 0 Å². The van der Waals surface area contributed by atoms with E-state index in [0.29, 0.717) is 18.0 Å². The highest BCUT2D eigenvalue weighted by Crippen LogP contribution is 2.09. The van der Waals surface area contributed by atoms with E-state index in [-0.39, 0.29) is 6.29 Å². The van der Waals surface area contributed by atoms with Gasteiger partial charge in [-0.2, -0.15) is 0 Å². The van der Waals surface area contributed by atoms with Gasteiger partial charge in [-0.25, -0.2) is 0 Å². The third kappa shape index (κ3) is 2.23. The molecule has 2 rings (SSSR count). The molecule has 78 valence electrons. The summed E-state index contributed by atoms with van der Waals surface area (Å²) in [7, 11) is 0. The van der Waals surface area contributed by atoms with E-state index in [1.54, 1.807) is 0 Å². The SMILES string of the molecule is Cc1cn(CCC2OCCO2)c(=N)s1. The first kappa shape index (κ1) is 9.89. The van der Waals surface area contributed by atoms with Gasteiger partial charge in [0.05, 0.1) is 13.2 Å². The van der Waals surface area contributed by atoms with Crippen LogP contribution in [-0.4, -0.2) is 24.1 Å². The van der Waals surface area contributed by atoms with E-state index in [1.165, 1.54) is 16.2 Å². The predicted molar refractivity (Wildman–Crippen MR) is 53.2 cm³/mol. The molecule has 0 saturated carbocycles. The molecule has 0 amide bonds. The second-order valence-electron chi connectivity index (χ2n) is 3.30. The zero-order valence-corrected chi connectivity index (χ0v) is 8.97. The van der Waals surface area contributed by atoms with E-state index in [1.807, 2.05) is 17.7 Å². The second-order valence-corrected chi connectivity index (χ2v) is 4.53. The molecule has 1 aromatic rings. The number of aryl methyl sites for hydroxylation is 2. The Labute approximate surface area is 86.6 Å². The molecular formula is C9H14N2O2S. The minimum absolute atomic E-state index is 0.0675. The van der Waals surface area contributed by atoms with Crippen LogP contribution >= 0.6 is 11.3 Å². The lowest BCUT2D eigenvalue weighted by atomic mass is 10.4. The van der Waals surface area contributed by atoms with Crippen LogP contribution in [0, 0.1) is 12.3 Å². The Morgan fingerprint density at radius 3 is 2.86 bits per heavy atom. The van der Waals surface area contributed by atoms with E-state index >= 15 is 0 Å². The number of ether oxygens (including phenoxy) is 2. The number of thiazole rings is 1. The summed E-state index contributed by atoms with van der Waals surface area (Å²) in [5.41, 5.74) is 0. The molecule has 0 bridgehead atoms. The van der Waals surface area contributed by atoms with Gasteiger partial charge in [-0.15, -0.1) is 11.3 Å². The minimum atomic E-state index is -0.0675. The first-order valence-electron chi connectivity index (χ1n) is 4.70. The molecule has 0 radical (unpaired) electrons. The summed E-state index contributed by atoms with van der Waals surface area (Å²) in [6.07, 6.45) is 2.76. The lowest BCUT2D eigenvalue weighted by Gasteiger charge is -2.08. The normalized spacial score (nSPS) is 17.8. The fraction of sp³-hybridized carbons (Fsp3) is 0.667. The molecule has 0 unspecified atom stereocenters. The topological polar surface area (TPSA) is 47.2 Å². The first-order chi connectivity index (χ1) is 6.75. The zero-order chi connectivity index (χ0) is 9.97. The van der Waals surface area contributed by atoms with Gasteiger partial charge < -0.3 is 14.0 Å². The number of hydrogen-bond acceptors (Lipinski definition) is 4. The monoisotopic (exact) mass is 214 g/mol. The van der Waals surface area contributed by atoms with Crippen molar-refractivity contribution < 1.29 is 9.47 Å². The first-order valence-corrected chi connectivity index (χ1v) is 5.52. The molecule has 0 spiro atoms. The highest BCUT2D eigenvalue weighted by atomic mass is 32.1. The number of aromatic nitrogens is 1. The van der Waals surface area contributed by atoms with Crippen LogP contribution in [0.1, 0.15) is 11.3 Å². The fourth-order valence-electron chi connectivity index (χ4n) is 1.50. The van der Waals surface area contributed by atoms with Gasteiger partial charge in [-0.05, 0) is 6.92 Å². The fourth-order valence-corrected chi connectivity index (χ4v) is 2.25. The third-order valence-electron chi connectivity index (χ3n) is 2.15. The van der Waals surface area contributed by atoms with Crippen molar-refractivity contribution in [1.82, 2.24) is 4.57 Å². The predicted octanol–water partition coefficient (Wildman–Crippen LogP) is 1.10. The summed E-state index contributed by atoms with van der Waals surface area (Å²) >= 11 is 1.50. The molecule has 1 aliphatic rings. The summed E-state index contributed by atoms with van der Waals surface area (Å²) in [6.45, 7) is 4.22. The van der Waals surface area contributed by atoms with Gasteiger partial charge in [-0.1, -0.05) is 0 Å². The van der Waals surface area contributed by atoms with Crippen molar-refractivity contribution in [3.63, 3.8) is 0 Å². The maximum absolute atomic E-state index is 7.67. The minimum Gasteiger partial charge on any atom is -0.350 e. The molecule has 0 aliphatic carbocycles. The van der Waals surface area contributed by atoms with Gasteiger partial charge in [0.2, 0.25) is 0 Å². The number of nitrogens with zero attached hydrogens (tertiary/aromatic N) is 1. The van der Waals surface area contributed by atoms with Crippen LogP contribution in [0.4, 0.5) is 0 Å². The highest BCUT2D eigenvalue weighted by molar-refractivity contribution is 7.09. The van der Waals surface area contributed by atoms with Gasteiger partial charge in [0.25, 0.3) is 0 Å². The van der Waals surface area contributed by atoms with Crippen LogP contribution in [0.15, 0.2) is 6.20 Å². The molecular weight excluding hydrogens is 200 g/mol. The summed E-state index contributed by atoms with van der Waals surface area (Å²) in [5.74, 6) is 0. The van der Waals surface area contributed by atoms with Crippen molar-refractivity contribution >= 4 is 11.3 Å². The molecule has 0 aromatic carbocycles. The average Bonchev–Trinajstić information content (AvgIpc) is 2.72. The Kier molecular flexibility index (Phi) is 3.00. The molecule has 1 aliphatic heterocycles. The number of nitrogens with one attached hydrogen (secondary N) is 1. The average molecular weight is 214 g/mol.